The van der Waals surface area contributed by atoms with Crippen molar-refractivity contribution < 1.29 is 0 Å². The molecule has 0 spiro atoms. The van der Waals surface area contributed by atoms with Crippen molar-refractivity contribution in [3.63, 3.8) is 0 Å². The first-order valence-corrected chi connectivity index (χ1v) is 10.9. The van der Waals surface area contributed by atoms with Crippen LogP contribution in [0.5, 0.6) is 0 Å². The maximum atomic E-state index is 9.09. The number of anilines is 1. The van der Waals surface area contributed by atoms with Gasteiger partial charge < -0.3 is 15.2 Å². The average molecular weight is 422 g/mol. The highest BCUT2D eigenvalue weighted by atomic mass is 15.3. The van der Waals surface area contributed by atoms with Crippen LogP contribution in [0.3, 0.4) is 0 Å². The minimum Gasteiger partial charge on any atom is -0.371 e. The van der Waals surface area contributed by atoms with Gasteiger partial charge in [-0.05, 0) is 66.4 Å². The van der Waals surface area contributed by atoms with Crippen molar-refractivity contribution in [2.24, 2.45) is 11.7 Å². The van der Waals surface area contributed by atoms with Crippen LogP contribution in [-0.4, -0.2) is 39.0 Å². The van der Waals surface area contributed by atoms with Crippen molar-refractivity contribution in [1.82, 2.24) is 19.3 Å². The van der Waals surface area contributed by atoms with Crippen LogP contribution < -0.4 is 10.6 Å². The molecular weight excluding hydrogens is 398 g/mol. The Hall–Kier alpha value is -3.89. The maximum absolute atomic E-state index is 9.09. The molecule has 2 aromatic carbocycles. The highest BCUT2D eigenvalue weighted by Gasteiger charge is 2.25. The average Bonchev–Trinajstić information content (AvgIpc) is 3.57. The number of nitriles is 1. The Labute approximate surface area is 186 Å². The lowest BCUT2D eigenvalue weighted by Crippen LogP contribution is -2.22. The molecule has 0 saturated carbocycles. The highest BCUT2D eigenvalue weighted by Crippen LogP contribution is 2.35. The van der Waals surface area contributed by atoms with Gasteiger partial charge in [0.1, 0.15) is 6.33 Å². The molecule has 2 aromatic heterocycles. The fourth-order valence-corrected chi connectivity index (χ4v) is 4.88. The topological polar surface area (TPSA) is 88.7 Å². The third kappa shape index (κ3) is 3.00. The zero-order chi connectivity index (χ0) is 21.7. The molecule has 1 fully saturated rings. The summed E-state index contributed by atoms with van der Waals surface area (Å²) in [6.07, 6.45) is 5.11. The Balaban J connectivity index is 1.42. The van der Waals surface area contributed by atoms with E-state index >= 15 is 0 Å². The molecular formula is C25H23N7. The van der Waals surface area contributed by atoms with Crippen molar-refractivity contribution in [3.8, 4) is 34.4 Å². The van der Waals surface area contributed by atoms with Crippen molar-refractivity contribution >= 4 is 5.69 Å². The van der Waals surface area contributed by atoms with E-state index in [1.165, 1.54) is 11.3 Å². The summed E-state index contributed by atoms with van der Waals surface area (Å²) < 4.78 is 4.32. The summed E-state index contributed by atoms with van der Waals surface area (Å²) in [6, 6.07) is 18.7. The number of aromatic nitrogens is 4. The van der Waals surface area contributed by atoms with E-state index in [1.807, 2.05) is 24.3 Å². The molecule has 0 bridgehead atoms. The Kier molecular flexibility index (Phi) is 4.33. The fraction of sp³-hybridized carbons (Fsp3) is 0.240. The molecule has 32 heavy (non-hydrogen) atoms. The number of nitrogens with zero attached hydrogens (tertiary/aromatic N) is 6. The molecule has 158 valence electrons. The van der Waals surface area contributed by atoms with Crippen molar-refractivity contribution in [2.75, 3.05) is 24.5 Å². The van der Waals surface area contributed by atoms with E-state index in [1.54, 1.807) is 6.33 Å². The number of nitrogens with two attached hydrogens (primary N) is 1. The summed E-state index contributed by atoms with van der Waals surface area (Å²) >= 11 is 0. The quantitative estimate of drug-likeness (QED) is 0.482. The van der Waals surface area contributed by atoms with E-state index in [0.29, 0.717) is 11.5 Å². The lowest BCUT2D eigenvalue weighted by molar-refractivity contribution is 0.602. The number of fused-ring (bicyclic) bond motifs is 5. The highest BCUT2D eigenvalue weighted by molar-refractivity contribution is 5.72. The molecule has 2 aliphatic heterocycles. The molecule has 0 radical (unpaired) electrons. The van der Waals surface area contributed by atoms with Crippen LogP contribution in [0.1, 0.15) is 17.5 Å². The summed E-state index contributed by atoms with van der Waals surface area (Å²) in [4.78, 5) is 2.44. The Morgan fingerprint density at radius 2 is 1.97 bits per heavy atom. The number of benzene rings is 2. The molecule has 1 saturated heterocycles. The monoisotopic (exact) mass is 421 g/mol. The minimum absolute atomic E-state index is 0.573. The zero-order valence-corrected chi connectivity index (χ0v) is 17.6. The number of hydrogen-bond acceptors (Lipinski definition) is 5. The van der Waals surface area contributed by atoms with Gasteiger partial charge in [0.2, 0.25) is 0 Å². The van der Waals surface area contributed by atoms with Gasteiger partial charge in [0, 0.05) is 37.1 Å². The van der Waals surface area contributed by atoms with E-state index < -0.39 is 0 Å². The standard InChI is InChI=1S/C25H23N7/c26-11-17-1-3-19(4-2-17)20-10-24-25-29-28-16-32(25)23-6-5-22(9-21(23)15-31(24)14-20)30-8-7-18(12-27)13-30/h1-6,9-10,14,16,18H,7-8,12-13,15,27H2/t18-/m1/s1. The molecule has 7 nitrogen and oxygen atoms in total. The first-order valence-electron chi connectivity index (χ1n) is 10.9. The second kappa shape index (κ2) is 7.36. The Morgan fingerprint density at radius 3 is 2.75 bits per heavy atom. The van der Waals surface area contributed by atoms with E-state index in [9.17, 15) is 0 Å². The van der Waals surface area contributed by atoms with Crippen LogP contribution in [0, 0.1) is 17.2 Å². The third-order valence-electron chi connectivity index (χ3n) is 6.67. The van der Waals surface area contributed by atoms with Gasteiger partial charge >= 0.3 is 0 Å². The first-order chi connectivity index (χ1) is 15.7. The summed E-state index contributed by atoms with van der Waals surface area (Å²) in [7, 11) is 0. The van der Waals surface area contributed by atoms with Gasteiger partial charge in [-0.2, -0.15) is 5.26 Å². The maximum Gasteiger partial charge on any atom is 0.185 e. The number of rotatable bonds is 3. The van der Waals surface area contributed by atoms with Gasteiger partial charge in [-0.15, -0.1) is 10.2 Å². The first kappa shape index (κ1) is 18.8. The summed E-state index contributed by atoms with van der Waals surface area (Å²) in [5, 5.41) is 17.7. The SMILES string of the molecule is N#Cc1ccc(-c2cc3n(c2)Cc2cc(N4CC[C@H](CN)C4)ccc2-n2cnnc2-3)cc1. The third-order valence-corrected chi connectivity index (χ3v) is 6.67. The van der Waals surface area contributed by atoms with Gasteiger partial charge in [0.25, 0.3) is 0 Å². The van der Waals surface area contributed by atoms with Gasteiger partial charge in [0.05, 0.1) is 23.0 Å². The lowest BCUT2D eigenvalue weighted by atomic mass is 10.1. The molecule has 0 amide bonds. The van der Waals surface area contributed by atoms with Crippen molar-refractivity contribution in [2.45, 2.75) is 13.0 Å². The van der Waals surface area contributed by atoms with Crippen LogP contribution in [0.2, 0.25) is 0 Å². The second-order valence-electron chi connectivity index (χ2n) is 8.61. The zero-order valence-electron chi connectivity index (χ0n) is 17.6. The van der Waals surface area contributed by atoms with Gasteiger partial charge in [-0.1, -0.05) is 12.1 Å². The van der Waals surface area contributed by atoms with Gasteiger partial charge in [-0.3, -0.25) is 4.57 Å². The van der Waals surface area contributed by atoms with Crippen LogP contribution in [0.15, 0.2) is 61.1 Å². The molecule has 7 heteroatoms. The molecule has 0 aliphatic carbocycles. The van der Waals surface area contributed by atoms with Gasteiger partial charge in [-0.25, -0.2) is 0 Å². The Morgan fingerprint density at radius 1 is 1.09 bits per heavy atom. The molecule has 0 unspecified atom stereocenters. The lowest BCUT2D eigenvalue weighted by Gasteiger charge is -2.21. The molecule has 2 N–H and O–H groups in total. The largest absolute Gasteiger partial charge is 0.371 e. The number of hydrogen-bond donors (Lipinski definition) is 1. The smallest absolute Gasteiger partial charge is 0.185 e. The molecule has 4 aromatic rings. The molecule has 6 rings (SSSR count). The van der Waals surface area contributed by atoms with Crippen LogP contribution in [0.25, 0.3) is 28.3 Å². The molecule has 4 heterocycles. The molecule has 2 aliphatic rings. The fourth-order valence-electron chi connectivity index (χ4n) is 4.88. The minimum atomic E-state index is 0.573. The predicted molar refractivity (Wildman–Crippen MR) is 123 cm³/mol. The summed E-state index contributed by atoms with van der Waals surface area (Å²) in [6.45, 7) is 3.57. The van der Waals surface area contributed by atoms with Gasteiger partial charge in [0.15, 0.2) is 5.82 Å². The van der Waals surface area contributed by atoms with E-state index in [4.69, 9.17) is 11.0 Å². The van der Waals surface area contributed by atoms with E-state index in [2.05, 4.69) is 60.8 Å². The Bertz CT molecular complexity index is 1340. The van der Waals surface area contributed by atoms with E-state index in [0.717, 1.165) is 60.9 Å². The summed E-state index contributed by atoms with van der Waals surface area (Å²) in [5.41, 5.74) is 13.4. The van der Waals surface area contributed by atoms with E-state index in [-0.39, 0.29) is 0 Å². The predicted octanol–water partition coefficient (Wildman–Crippen LogP) is 3.42. The van der Waals surface area contributed by atoms with Crippen LogP contribution in [0.4, 0.5) is 5.69 Å². The molecule has 1 atom stereocenters. The van der Waals surface area contributed by atoms with Crippen molar-refractivity contribution in [3.05, 3.63) is 72.2 Å². The second-order valence-corrected chi connectivity index (χ2v) is 8.61. The van der Waals surface area contributed by atoms with Crippen LogP contribution in [-0.2, 0) is 6.54 Å². The summed E-state index contributed by atoms with van der Waals surface area (Å²) in [5.74, 6) is 1.41. The van der Waals surface area contributed by atoms with Crippen LogP contribution >= 0.6 is 0 Å². The van der Waals surface area contributed by atoms with Crippen molar-refractivity contribution in [1.29, 1.82) is 5.26 Å². The normalized spacial score (nSPS) is 16.8.